The van der Waals surface area contributed by atoms with Crippen LogP contribution >= 0.6 is 0 Å². The van der Waals surface area contributed by atoms with Crippen LogP contribution in [0.4, 0.5) is 8.78 Å². The van der Waals surface area contributed by atoms with Crippen LogP contribution in [0.3, 0.4) is 0 Å². The van der Waals surface area contributed by atoms with E-state index in [1.165, 1.54) is 12.1 Å². The number of carbonyl (C=O) groups excluding carboxylic acids is 1. The molecule has 0 fully saturated rings. The fourth-order valence-corrected chi connectivity index (χ4v) is 1.23. The molecule has 1 N–H and O–H groups in total. The number of hydrogen-bond donors (Lipinski definition) is 1. The summed E-state index contributed by atoms with van der Waals surface area (Å²) in [5, 5.41) is 11.0. The van der Waals surface area contributed by atoms with E-state index in [0.717, 1.165) is 6.07 Å². The molecule has 0 aromatic heterocycles. The molecule has 5 heteroatoms. The minimum Gasteiger partial charge on any atom is -0.355 e. The Labute approximate surface area is 98.1 Å². The van der Waals surface area contributed by atoms with Crippen LogP contribution in [0.25, 0.3) is 0 Å². The average molecular weight is 238 g/mol. The molecule has 1 aromatic carbocycles. The van der Waals surface area contributed by atoms with E-state index in [9.17, 15) is 13.6 Å². The van der Waals surface area contributed by atoms with Crippen molar-refractivity contribution >= 4 is 5.91 Å². The highest BCUT2D eigenvalue weighted by Crippen LogP contribution is 2.11. The van der Waals surface area contributed by atoms with Gasteiger partial charge in [0.05, 0.1) is 18.4 Å². The van der Waals surface area contributed by atoms with Crippen LogP contribution in [-0.2, 0) is 11.2 Å². The van der Waals surface area contributed by atoms with Crippen molar-refractivity contribution in [3.05, 3.63) is 35.4 Å². The molecule has 0 aliphatic carbocycles. The molecular formula is C12H12F2N2O. The Balaban J connectivity index is 2.57. The number of rotatable bonds is 4. The van der Waals surface area contributed by atoms with E-state index in [1.807, 2.05) is 6.07 Å². The van der Waals surface area contributed by atoms with Crippen molar-refractivity contribution in [1.82, 2.24) is 5.32 Å². The molecule has 1 unspecified atom stereocenters. The van der Waals surface area contributed by atoms with Crippen molar-refractivity contribution in [2.75, 3.05) is 6.54 Å². The SMILES string of the molecule is CC(C#N)CNC(=O)Cc1cccc(F)c1F. The molecule has 1 amide bonds. The minimum atomic E-state index is -1.00. The highest BCUT2D eigenvalue weighted by molar-refractivity contribution is 5.78. The van der Waals surface area contributed by atoms with Crippen molar-refractivity contribution in [3.8, 4) is 6.07 Å². The molecule has 0 bridgehead atoms. The predicted molar refractivity (Wildman–Crippen MR) is 57.8 cm³/mol. The Bertz CT molecular complexity index is 454. The Hall–Kier alpha value is -1.96. The maximum atomic E-state index is 13.2. The van der Waals surface area contributed by atoms with Crippen molar-refractivity contribution in [1.29, 1.82) is 5.26 Å². The molecule has 0 radical (unpaired) electrons. The summed E-state index contributed by atoms with van der Waals surface area (Å²) in [7, 11) is 0. The average Bonchev–Trinajstić information content (AvgIpc) is 2.32. The van der Waals surface area contributed by atoms with Crippen molar-refractivity contribution in [2.45, 2.75) is 13.3 Å². The Morgan fingerprint density at radius 1 is 1.53 bits per heavy atom. The van der Waals surface area contributed by atoms with Crippen molar-refractivity contribution in [2.24, 2.45) is 5.92 Å². The Morgan fingerprint density at radius 3 is 2.88 bits per heavy atom. The number of halogens is 2. The monoisotopic (exact) mass is 238 g/mol. The van der Waals surface area contributed by atoms with Gasteiger partial charge >= 0.3 is 0 Å². The molecule has 90 valence electrons. The van der Waals surface area contributed by atoms with E-state index in [-0.39, 0.29) is 24.4 Å². The van der Waals surface area contributed by atoms with Gasteiger partial charge in [0.1, 0.15) is 0 Å². The predicted octanol–water partition coefficient (Wildman–Crippen LogP) is 1.78. The summed E-state index contributed by atoms with van der Waals surface area (Å²) in [6, 6.07) is 5.65. The Morgan fingerprint density at radius 2 is 2.24 bits per heavy atom. The zero-order valence-electron chi connectivity index (χ0n) is 9.34. The van der Waals surface area contributed by atoms with E-state index in [1.54, 1.807) is 6.92 Å². The van der Waals surface area contributed by atoms with Gasteiger partial charge in [0.2, 0.25) is 5.91 Å². The van der Waals surface area contributed by atoms with Gasteiger partial charge in [-0.15, -0.1) is 0 Å². The lowest BCUT2D eigenvalue weighted by molar-refractivity contribution is -0.120. The lowest BCUT2D eigenvalue weighted by Gasteiger charge is -2.07. The highest BCUT2D eigenvalue weighted by atomic mass is 19.2. The summed E-state index contributed by atoms with van der Waals surface area (Å²) in [5.41, 5.74) is 0.00658. The van der Waals surface area contributed by atoms with Gasteiger partial charge < -0.3 is 5.32 Å². The third-order valence-electron chi connectivity index (χ3n) is 2.21. The number of amides is 1. The van der Waals surface area contributed by atoms with Crippen LogP contribution in [0.5, 0.6) is 0 Å². The van der Waals surface area contributed by atoms with Gasteiger partial charge in [0, 0.05) is 12.1 Å². The summed E-state index contributed by atoms with van der Waals surface area (Å²) in [5.74, 6) is -2.72. The van der Waals surface area contributed by atoms with Gasteiger partial charge in [-0.1, -0.05) is 12.1 Å². The number of hydrogen-bond acceptors (Lipinski definition) is 2. The van der Waals surface area contributed by atoms with Gasteiger partial charge in [-0.2, -0.15) is 5.26 Å². The summed E-state index contributed by atoms with van der Waals surface area (Å²) in [6.45, 7) is 1.86. The molecule has 1 aromatic rings. The molecule has 0 saturated carbocycles. The fraction of sp³-hybridized carbons (Fsp3) is 0.333. The van der Waals surface area contributed by atoms with Crippen LogP contribution in [0.15, 0.2) is 18.2 Å². The van der Waals surface area contributed by atoms with Crippen LogP contribution in [-0.4, -0.2) is 12.5 Å². The molecule has 0 aliphatic rings. The lowest BCUT2D eigenvalue weighted by atomic mass is 10.1. The van der Waals surface area contributed by atoms with Gasteiger partial charge in [0.25, 0.3) is 0 Å². The van der Waals surface area contributed by atoms with E-state index < -0.39 is 17.5 Å². The molecule has 17 heavy (non-hydrogen) atoms. The fourth-order valence-electron chi connectivity index (χ4n) is 1.23. The van der Waals surface area contributed by atoms with Gasteiger partial charge in [-0.05, 0) is 13.0 Å². The van der Waals surface area contributed by atoms with Crippen LogP contribution in [0, 0.1) is 28.9 Å². The second-order valence-corrected chi connectivity index (χ2v) is 3.72. The van der Waals surface area contributed by atoms with Crippen molar-refractivity contribution in [3.63, 3.8) is 0 Å². The first kappa shape index (κ1) is 13.1. The normalized spacial score (nSPS) is 11.6. The van der Waals surface area contributed by atoms with Gasteiger partial charge in [-0.3, -0.25) is 4.79 Å². The first-order valence-corrected chi connectivity index (χ1v) is 5.13. The first-order chi connectivity index (χ1) is 8.04. The zero-order valence-corrected chi connectivity index (χ0v) is 9.34. The minimum absolute atomic E-state index is 0.00658. The van der Waals surface area contributed by atoms with Crippen LogP contribution in [0.1, 0.15) is 12.5 Å². The van der Waals surface area contributed by atoms with Crippen LogP contribution in [0.2, 0.25) is 0 Å². The first-order valence-electron chi connectivity index (χ1n) is 5.13. The van der Waals surface area contributed by atoms with Gasteiger partial charge in [-0.25, -0.2) is 8.78 Å². The molecule has 0 heterocycles. The third-order valence-corrected chi connectivity index (χ3v) is 2.21. The second kappa shape index (κ2) is 5.94. The molecule has 1 atom stereocenters. The maximum absolute atomic E-state index is 13.2. The molecule has 3 nitrogen and oxygen atoms in total. The zero-order chi connectivity index (χ0) is 12.8. The summed E-state index contributed by atoms with van der Waals surface area (Å²) in [4.78, 5) is 11.4. The maximum Gasteiger partial charge on any atom is 0.224 e. The van der Waals surface area contributed by atoms with E-state index in [4.69, 9.17) is 5.26 Å². The number of benzene rings is 1. The lowest BCUT2D eigenvalue weighted by Crippen LogP contribution is -2.29. The summed E-state index contributed by atoms with van der Waals surface area (Å²) < 4.78 is 26.1. The Kier molecular flexibility index (Phi) is 4.58. The van der Waals surface area contributed by atoms with E-state index >= 15 is 0 Å². The molecule has 0 aliphatic heterocycles. The third kappa shape index (κ3) is 3.83. The number of nitrogens with zero attached hydrogens (tertiary/aromatic N) is 1. The smallest absolute Gasteiger partial charge is 0.224 e. The molecular weight excluding hydrogens is 226 g/mol. The standard InChI is InChI=1S/C12H12F2N2O/c1-8(6-15)7-16-11(17)5-9-3-2-4-10(13)12(9)14/h2-4,8H,5,7H2,1H3,(H,16,17). The largest absolute Gasteiger partial charge is 0.355 e. The number of nitriles is 1. The van der Waals surface area contributed by atoms with E-state index in [2.05, 4.69) is 5.32 Å². The highest BCUT2D eigenvalue weighted by Gasteiger charge is 2.11. The van der Waals surface area contributed by atoms with E-state index in [0.29, 0.717) is 0 Å². The number of nitrogens with one attached hydrogen (secondary N) is 1. The second-order valence-electron chi connectivity index (χ2n) is 3.72. The van der Waals surface area contributed by atoms with Crippen LogP contribution < -0.4 is 5.32 Å². The molecule has 0 saturated heterocycles. The quantitative estimate of drug-likeness (QED) is 0.869. The topological polar surface area (TPSA) is 52.9 Å². The molecule has 0 spiro atoms. The summed E-state index contributed by atoms with van der Waals surface area (Å²) >= 11 is 0. The molecule has 1 rings (SSSR count). The number of carbonyl (C=O) groups is 1. The summed E-state index contributed by atoms with van der Waals surface area (Å²) in [6.07, 6.45) is -0.234. The van der Waals surface area contributed by atoms with Crippen molar-refractivity contribution < 1.29 is 13.6 Å². The van der Waals surface area contributed by atoms with Gasteiger partial charge in [0.15, 0.2) is 11.6 Å².